The molecule has 0 aliphatic carbocycles. The number of nitrogens with one attached hydrogen (secondary N) is 1. The van der Waals surface area contributed by atoms with Crippen LogP contribution < -0.4 is 5.32 Å². The second-order valence-electron chi connectivity index (χ2n) is 6.49. The molecule has 6 heteroatoms. The predicted molar refractivity (Wildman–Crippen MR) is 92.7 cm³/mol. The zero-order valence-corrected chi connectivity index (χ0v) is 15.0. The molecule has 0 aliphatic heterocycles. The van der Waals surface area contributed by atoms with Gasteiger partial charge in [0.15, 0.2) is 0 Å². The van der Waals surface area contributed by atoms with Crippen molar-refractivity contribution in [2.45, 2.75) is 27.7 Å². The van der Waals surface area contributed by atoms with Gasteiger partial charge >= 0.3 is 17.8 Å². The molecule has 1 aromatic rings. The van der Waals surface area contributed by atoms with Crippen molar-refractivity contribution in [1.29, 1.82) is 0 Å². The summed E-state index contributed by atoms with van der Waals surface area (Å²) in [5.74, 6) is -1.42. The molecule has 0 atom stereocenters. The van der Waals surface area contributed by atoms with Crippen LogP contribution in [-0.2, 0) is 14.3 Å². The molecule has 0 saturated carbocycles. The van der Waals surface area contributed by atoms with E-state index in [0.29, 0.717) is 13.1 Å². The van der Waals surface area contributed by atoms with Crippen molar-refractivity contribution in [2.75, 3.05) is 25.5 Å². The molecule has 0 radical (unpaired) electrons. The van der Waals surface area contributed by atoms with Crippen molar-refractivity contribution in [3.05, 3.63) is 29.8 Å². The van der Waals surface area contributed by atoms with Crippen molar-refractivity contribution >= 4 is 23.5 Å². The van der Waals surface area contributed by atoms with Gasteiger partial charge in [-0.25, -0.2) is 4.79 Å². The SMILES string of the molecule is COC(=O)c1ccccc1NC(=O)C(=O)N(CC(C)C)CC(C)C. The second kappa shape index (κ2) is 9.05. The van der Waals surface area contributed by atoms with Crippen molar-refractivity contribution in [2.24, 2.45) is 11.8 Å². The van der Waals surface area contributed by atoms with E-state index in [1.165, 1.54) is 13.2 Å². The maximum absolute atomic E-state index is 12.5. The van der Waals surface area contributed by atoms with Crippen LogP contribution in [0.15, 0.2) is 24.3 Å². The molecular formula is C18H26N2O4. The molecule has 2 amide bonds. The molecule has 0 fully saturated rings. The summed E-state index contributed by atoms with van der Waals surface area (Å²) in [5, 5.41) is 2.52. The Balaban J connectivity index is 2.93. The van der Waals surface area contributed by atoms with E-state index < -0.39 is 17.8 Å². The molecule has 132 valence electrons. The summed E-state index contributed by atoms with van der Waals surface area (Å²) in [6.45, 7) is 8.97. The summed E-state index contributed by atoms with van der Waals surface area (Å²) in [5.41, 5.74) is 0.470. The Labute approximate surface area is 143 Å². The molecule has 6 nitrogen and oxygen atoms in total. The third-order valence-corrected chi connectivity index (χ3v) is 3.23. The summed E-state index contributed by atoms with van der Waals surface area (Å²) in [6, 6.07) is 6.43. The summed E-state index contributed by atoms with van der Waals surface area (Å²) in [4.78, 5) is 38.1. The van der Waals surface area contributed by atoms with Gasteiger partial charge in [-0.1, -0.05) is 39.8 Å². The van der Waals surface area contributed by atoms with Crippen LogP contribution in [0.4, 0.5) is 5.69 Å². The van der Waals surface area contributed by atoms with Crippen LogP contribution in [0, 0.1) is 11.8 Å². The average Bonchev–Trinajstić information content (AvgIpc) is 2.52. The number of carbonyl (C=O) groups excluding carboxylic acids is 3. The van der Waals surface area contributed by atoms with Gasteiger partial charge < -0.3 is 15.0 Å². The lowest BCUT2D eigenvalue weighted by atomic mass is 10.1. The van der Waals surface area contributed by atoms with Crippen molar-refractivity contribution < 1.29 is 19.1 Å². The number of hydrogen-bond acceptors (Lipinski definition) is 4. The molecule has 24 heavy (non-hydrogen) atoms. The Hall–Kier alpha value is -2.37. The quantitative estimate of drug-likeness (QED) is 0.641. The van der Waals surface area contributed by atoms with Crippen LogP contribution in [0.5, 0.6) is 0 Å². The van der Waals surface area contributed by atoms with E-state index >= 15 is 0 Å². The van der Waals surface area contributed by atoms with Gasteiger partial charge in [-0.05, 0) is 24.0 Å². The molecule has 0 spiro atoms. The molecule has 0 unspecified atom stereocenters. The van der Waals surface area contributed by atoms with Crippen molar-refractivity contribution in [3.63, 3.8) is 0 Å². The number of benzene rings is 1. The minimum Gasteiger partial charge on any atom is -0.465 e. The lowest BCUT2D eigenvalue weighted by Gasteiger charge is -2.25. The van der Waals surface area contributed by atoms with E-state index in [1.807, 2.05) is 27.7 Å². The third-order valence-electron chi connectivity index (χ3n) is 3.23. The number of rotatable bonds is 6. The summed E-state index contributed by atoms with van der Waals surface area (Å²) < 4.78 is 4.69. The van der Waals surface area contributed by atoms with Crippen LogP contribution in [0.1, 0.15) is 38.1 Å². The zero-order chi connectivity index (χ0) is 18.3. The maximum atomic E-state index is 12.5. The normalized spacial score (nSPS) is 10.6. The highest BCUT2D eigenvalue weighted by Crippen LogP contribution is 2.16. The van der Waals surface area contributed by atoms with Crippen LogP contribution >= 0.6 is 0 Å². The Morgan fingerprint density at radius 1 is 1.04 bits per heavy atom. The number of para-hydroxylation sites is 1. The Morgan fingerprint density at radius 2 is 1.58 bits per heavy atom. The lowest BCUT2D eigenvalue weighted by Crippen LogP contribution is -2.43. The first kappa shape index (κ1) is 19.7. The predicted octanol–water partition coefficient (Wildman–Crippen LogP) is 2.55. The Morgan fingerprint density at radius 3 is 2.08 bits per heavy atom. The largest absolute Gasteiger partial charge is 0.465 e. The minimum absolute atomic E-state index is 0.209. The molecule has 0 bridgehead atoms. The van der Waals surface area contributed by atoms with Gasteiger partial charge in [-0.15, -0.1) is 0 Å². The summed E-state index contributed by atoms with van der Waals surface area (Å²) in [6.07, 6.45) is 0. The molecule has 0 heterocycles. The number of nitrogens with zero attached hydrogens (tertiary/aromatic N) is 1. The average molecular weight is 334 g/mol. The smallest absolute Gasteiger partial charge is 0.339 e. The first-order valence-corrected chi connectivity index (χ1v) is 8.03. The van der Waals surface area contributed by atoms with Gasteiger partial charge in [-0.3, -0.25) is 9.59 Å². The molecule has 0 saturated heterocycles. The van der Waals surface area contributed by atoms with E-state index in [4.69, 9.17) is 0 Å². The topological polar surface area (TPSA) is 75.7 Å². The van der Waals surface area contributed by atoms with Crippen LogP contribution in [0.25, 0.3) is 0 Å². The van der Waals surface area contributed by atoms with E-state index in [9.17, 15) is 14.4 Å². The van der Waals surface area contributed by atoms with Gasteiger partial charge in [-0.2, -0.15) is 0 Å². The summed E-state index contributed by atoms with van der Waals surface area (Å²) in [7, 11) is 1.26. The number of carbonyl (C=O) groups is 3. The second-order valence-corrected chi connectivity index (χ2v) is 6.49. The number of ether oxygens (including phenoxy) is 1. The standard InChI is InChI=1S/C18H26N2O4/c1-12(2)10-20(11-13(3)4)17(22)16(21)19-15-9-7-6-8-14(15)18(23)24-5/h6-9,12-13H,10-11H2,1-5H3,(H,19,21). The van der Waals surface area contributed by atoms with Crippen LogP contribution in [0.2, 0.25) is 0 Å². The Bertz CT molecular complexity index is 586. The van der Waals surface area contributed by atoms with Crippen molar-refractivity contribution in [3.8, 4) is 0 Å². The van der Waals surface area contributed by atoms with Gasteiger partial charge in [0.05, 0.1) is 18.4 Å². The van der Waals surface area contributed by atoms with Gasteiger partial charge in [0.2, 0.25) is 0 Å². The fraction of sp³-hybridized carbons (Fsp3) is 0.500. The monoisotopic (exact) mass is 334 g/mol. The first-order chi connectivity index (χ1) is 11.3. The highest BCUT2D eigenvalue weighted by molar-refractivity contribution is 6.39. The van der Waals surface area contributed by atoms with E-state index in [-0.39, 0.29) is 23.1 Å². The fourth-order valence-corrected chi connectivity index (χ4v) is 2.32. The first-order valence-electron chi connectivity index (χ1n) is 8.03. The van der Waals surface area contributed by atoms with Gasteiger partial charge in [0.1, 0.15) is 0 Å². The number of hydrogen-bond donors (Lipinski definition) is 1. The molecule has 0 aromatic heterocycles. The maximum Gasteiger partial charge on any atom is 0.339 e. The van der Waals surface area contributed by atoms with Crippen LogP contribution in [0.3, 0.4) is 0 Å². The van der Waals surface area contributed by atoms with Gasteiger partial charge in [0.25, 0.3) is 0 Å². The third kappa shape index (κ3) is 5.68. The summed E-state index contributed by atoms with van der Waals surface area (Å²) >= 11 is 0. The number of amides is 2. The van der Waals surface area contributed by atoms with Gasteiger partial charge in [0, 0.05) is 13.1 Å². The van der Waals surface area contributed by atoms with E-state index in [2.05, 4.69) is 10.1 Å². The molecule has 1 N–H and O–H groups in total. The molecule has 0 aliphatic rings. The van der Waals surface area contributed by atoms with Crippen molar-refractivity contribution in [1.82, 2.24) is 4.90 Å². The molecule has 1 rings (SSSR count). The number of esters is 1. The molecule has 1 aromatic carbocycles. The minimum atomic E-state index is -0.757. The highest BCUT2D eigenvalue weighted by Gasteiger charge is 2.24. The van der Waals surface area contributed by atoms with Crippen LogP contribution in [-0.4, -0.2) is 42.9 Å². The number of anilines is 1. The highest BCUT2D eigenvalue weighted by atomic mass is 16.5. The Kier molecular flexibility index (Phi) is 7.42. The zero-order valence-electron chi connectivity index (χ0n) is 15.0. The number of methoxy groups -OCH3 is 1. The molecular weight excluding hydrogens is 308 g/mol. The fourth-order valence-electron chi connectivity index (χ4n) is 2.32. The lowest BCUT2D eigenvalue weighted by molar-refractivity contribution is -0.143. The van der Waals surface area contributed by atoms with E-state index in [1.54, 1.807) is 23.1 Å². The van der Waals surface area contributed by atoms with E-state index in [0.717, 1.165) is 0 Å².